The maximum Gasteiger partial charge on any atom is 0.306 e. The summed E-state index contributed by atoms with van der Waals surface area (Å²) in [6, 6.07) is 0. The third kappa shape index (κ3) is 32.5. The molecular formula is C59H106O15. The lowest BCUT2D eigenvalue weighted by Crippen LogP contribution is -2.61. The molecule has 0 bridgehead atoms. The smallest absolute Gasteiger partial charge is 0.306 e. The van der Waals surface area contributed by atoms with Gasteiger partial charge in [0.2, 0.25) is 0 Å². The van der Waals surface area contributed by atoms with Crippen molar-refractivity contribution in [3.05, 3.63) is 36.5 Å². The fourth-order valence-electron chi connectivity index (χ4n) is 9.23. The molecule has 432 valence electrons. The summed E-state index contributed by atoms with van der Waals surface area (Å²) in [5.41, 5.74) is 0. The highest BCUT2D eigenvalue weighted by Gasteiger charge is 2.47. The minimum Gasteiger partial charge on any atom is -0.462 e. The van der Waals surface area contributed by atoms with Crippen LogP contribution in [0, 0.1) is 0 Å². The largest absolute Gasteiger partial charge is 0.462 e. The number of unbranched alkanes of at least 4 members (excludes halogenated alkanes) is 27. The second-order valence-electron chi connectivity index (χ2n) is 20.8. The lowest BCUT2D eigenvalue weighted by molar-refractivity contribution is -0.332. The Labute approximate surface area is 446 Å². The molecule has 0 aliphatic carbocycles. The van der Waals surface area contributed by atoms with E-state index in [1.807, 2.05) is 0 Å². The number of aliphatic hydroxyl groups is 7. The van der Waals surface area contributed by atoms with Crippen LogP contribution in [0.3, 0.4) is 0 Å². The molecule has 0 radical (unpaired) electrons. The normalized spacial score (nSPS) is 24.9. The highest BCUT2D eigenvalue weighted by atomic mass is 16.7. The first-order valence-electron chi connectivity index (χ1n) is 29.6. The van der Waals surface area contributed by atoms with E-state index in [9.17, 15) is 45.3 Å². The van der Waals surface area contributed by atoms with Gasteiger partial charge in [0.1, 0.15) is 55.4 Å². The molecule has 15 nitrogen and oxygen atoms in total. The topological polar surface area (TPSA) is 231 Å². The van der Waals surface area contributed by atoms with Gasteiger partial charge in [-0.3, -0.25) is 9.59 Å². The van der Waals surface area contributed by atoms with Crippen LogP contribution in [0.15, 0.2) is 36.5 Å². The van der Waals surface area contributed by atoms with Crippen LogP contribution in [0.1, 0.15) is 232 Å². The minimum atomic E-state index is -1.77. The van der Waals surface area contributed by atoms with E-state index in [4.69, 9.17) is 28.4 Å². The van der Waals surface area contributed by atoms with Gasteiger partial charge in [0.25, 0.3) is 0 Å². The summed E-state index contributed by atoms with van der Waals surface area (Å²) in [5, 5.41) is 72.3. The van der Waals surface area contributed by atoms with Gasteiger partial charge in [-0.1, -0.05) is 185 Å². The lowest BCUT2D eigenvalue weighted by Gasteiger charge is -2.42. The summed E-state index contributed by atoms with van der Waals surface area (Å²) in [5.74, 6) is -0.973. The molecule has 2 rings (SSSR count). The standard InChI is InChI=1S/C59H106O15/c1-3-5-7-9-11-13-15-17-19-20-21-22-23-24-25-26-28-30-32-34-36-38-40-42-51(62)72-47(44-69-50(61)41-39-37-35-33-31-29-27-18-16-14-12-10-8-6-4-2)45-70-58-57(68)55(66)53(64)49(74-58)46-71-59-56(67)54(65)52(63)48(43-60)73-59/h14,16,26,28,34,36,47-49,52-60,63-68H,3-13,15,17-25,27,29-33,35,37-46H2,1-2H3/b16-14+,28-26+,36-34+/t47-,48+,49+,52-,53-,54?,55?,56?,57?,58+,59+/m1/s1. The van der Waals surface area contributed by atoms with Crippen molar-refractivity contribution in [3.63, 3.8) is 0 Å². The Morgan fingerprint density at radius 1 is 0.419 bits per heavy atom. The Balaban J connectivity index is 1.76. The number of hydrogen-bond acceptors (Lipinski definition) is 15. The number of aliphatic hydroxyl groups excluding tert-OH is 7. The van der Waals surface area contributed by atoms with Crippen molar-refractivity contribution in [2.24, 2.45) is 0 Å². The summed E-state index contributed by atoms with van der Waals surface area (Å²) >= 11 is 0. The number of rotatable bonds is 47. The van der Waals surface area contributed by atoms with Crippen LogP contribution in [0.25, 0.3) is 0 Å². The second-order valence-corrected chi connectivity index (χ2v) is 20.8. The van der Waals surface area contributed by atoms with E-state index in [-0.39, 0.29) is 19.4 Å². The third-order valence-corrected chi connectivity index (χ3v) is 14.1. The van der Waals surface area contributed by atoms with Gasteiger partial charge in [0.05, 0.1) is 19.8 Å². The van der Waals surface area contributed by atoms with Crippen molar-refractivity contribution < 1.29 is 73.8 Å². The molecule has 2 saturated heterocycles. The van der Waals surface area contributed by atoms with Gasteiger partial charge in [0, 0.05) is 12.8 Å². The lowest BCUT2D eigenvalue weighted by atomic mass is 9.98. The van der Waals surface area contributed by atoms with Crippen LogP contribution < -0.4 is 0 Å². The van der Waals surface area contributed by atoms with Crippen molar-refractivity contribution in [1.82, 2.24) is 0 Å². The molecule has 15 heteroatoms. The Hall–Kier alpha value is -2.28. The van der Waals surface area contributed by atoms with E-state index < -0.39 is 99.3 Å². The van der Waals surface area contributed by atoms with Crippen molar-refractivity contribution in [2.45, 2.75) is 300 Å². The van der Waals surface area contributed by atoms with Crippen molar-refractivity contribution in [1.29, 1.82) is 0 Å². The van der Waals surface area contributed by atoms with Crippen LogP contribution in [0.5, 0.6) is 0 Å². The van der Waals surface area contributed by atoms with E-state index in [1.54, 1.807) is 0 Å². The first-order chi connectivity index (χ1) is 36.0. The fourth-order valence-corrected chi connectivity index (χ4v) is 9.23. The van der Waals surface area contributed by atoms with Gasteiger partial charge in [-0.25, -0.2) is 0 Å². The van der Waals surface area contributed by atoms with Crippen molar-refractivity contribution in [3.8, 4) is 0 Å². The number of carbonyl (C=O) groups excluding carboxylic acids is 2. The molecule has 4 unspecified atom stereocenters. The van der Waals surface area contributed by atoms with Gasteiger partial charge < -0.3 is 64.2 Å². The molecule has 0 amide bonds. The summed E-state index contributed by atoms with van der Waals surface area (Å²) in [7, 11) is 0. The third-order valence-electron chi connectivity index (χ3n) is 14.1. The van der Waals surface area contributed by atoms with E-state index in [0.717, 1.165) is 51.4 Å². The molecule has 0 aromatic heterocycles. The summed E-state index contributed by atoms with van der Waals surface area (Å²) in [4.78, 5) is 25.9. The van der Waals surface area contributed by atoms with E-state index >= 15 is 0 Å². The van der Waals surface area contributed by atoms with Gasteiger partial charge in [-0.2, -0.15) is 0 Å². The molecule has 11 atom stereocenters. The number of hydrogen-bond donors (Lipinski definition) is 7. The summed E-state index contributed by atoms with van der Waals surface area (Å²) in [6.07, 6.45) is 34.7. The first-order valence-corrected chi connectivity index (χ1v) is 29.6. The van der Waals surface area contributed by atoms with Crippen molar-refractivity contribution >= 4 is 11.9 Å². The van der Waals surface area contributed by atoms with Gasteiger partial charge in [0.15, 0.2) is 18.7 Å². The van der Waals surface area contributed by atoms with Crippen LogP contribution in [0.4, 0.5) is 0 Å². The summed E-state index contributed by atoms with van der Waals surface area (Å²) in [6.45, 7) is 2.57. The number of carbonyl (C=O) groups is 2. The Morgan fingerprint density at radius 2 is 0.797 bits per heavy atom. The molecule has 2 heterocycles. The average Bonchev–Trinajstić information content (AvgIpc) is 3.39. The fraction of sp³-hybridized carbons (Fsp3) is 0.864. The Morgan fingerprint density at radius 3 is 1.28 bits per heavy atom. The van der Waals surface area contributed by atoms with Gasteiger partial charge >= 0.3 is 11.9 Å². The predicted molar refractivity (Wildman–Crippen MR) is 289 cm³/mol. The molecule has 2 fully saturated rings. The SMILES string of the molecule is CCCCCC/C=C/CCCCCCCCCC(=O)OC[C@H](CO[C@H]1O[C@@H](CO[C@H]2O[C@@H](CO)[C@@H](O)C(O)C2O)[C@@H](O)C(O)C1O)OC(=O)CCC/C=C/CC/C=C/CCCCCCCCCCCCCCCC. The Bertz CT molecular complexity index is 1430. The molecule has 7 N–H and O–H groups in total. The second kappa shape index (κ2) is 45.7. The maximum atomic E-state index is 13.0. The van der Waals surface area contributed by atoms with Crippen LogP contribution in [-0.4, -0.2) is 142 Å². The zero-order valence-electron chi connectivity index (χ0n) is 46.1. The summed E-state index contributed by atoms with van der Waals surface area (Å²) < 4.78 is 33.6. The van der Waals surface area contributed by atoms with Crippen LogP contribution >= 0.6 is 0 Å². The van der Waals surface area contributed by atoms with Crippen molar-refractivity contribution in [2.75, 3.05) is 26.4 Å². The van der Waals surface area contributed by atoms with E-state index in [2.05, 4.69) is 50.3 Å². The molecule has 0 aromatic carbocycles. The maximum absolute atomic E-state index is 13.0. The monoisotopic (exact) mass is 1050 g/mol. The zero-order chi connectivity index (χ0) is 53.9. The number of allylic oxidation sites excluding steroid dienone is 6. The zero-order valence-corrected chi connectivity index (χ0v) is 46.1. The number of esters is 2. The molecule has 2 aliphatic heterocycles. The molecule has 0 aromatic rings. The van der Waals surface area contributed by atoms with Crippen LogP contribution in [-0.2, 0) is 38.0 Å². The van der Waals surface area contributed by atoms with Gasteiger partial charge in [-0.15, -0.1) is 0 Å². The molecular weight excluding hydrogens is 949 g/mol. The highest BCUT2D eigenvalue weighted by molar-refractivity contribution is 5.70. The molecule has 2 aliphatic rings. The highest BCUT2D eigenvalue weighted by Crippen LogP contribution is 2.27. The minimum absolute atomic E-state index is 0.106. The first kappa shape index (κ1) is 67.8. The van der Waals surface area contributed by atoms with E-state index in [0.29, 0.717) is 19.3 Å². The number of ether oxygens (including phenoxy) is 6. The molecule has 74 heavy (non-hydrogen) atoms. The average molecular weight is 1060 g/mol. The van der Waals surface area contributed by atoms with E-state index in [1.165, 1.54) is 135 Å². The predicted octanol–water partition coefficient (Wildman–Crippen LogP) is 10.1. The van der Waals surface area contributed by atoms with Crippen LogP contribution in [0.2, 0.25) is 0 Å². The Kier molecular flexibility index (Phi) is 41.9. The molecule has 0 spiro atoms. The quantitative estimate of drug-likeness (QED) is 0.0171. The van der Waals surface area contributed by atoms with Gasteiger partial charge in [-0.05, 0) is 70.6 Å². The molecule has 0 saturated carbocycles.